The number of aliphatic hydroxyl groups is 1. The molecule has 1 heteroatoms. The van der Waals surface area contributed by atoms with Crippen LogP contribution < -0.4 is 0 Å². The van der Waals surface area contributed by atoms with Crippen LogP contribution in [0.3, 0.4) is 0 Å². The molecule has 0 saturated heterocycles. The van der Waals surface area contributed by atoms with Gasteiger partial charge in [-0.15, -0.1) is 0 Å². The summed E-state index contributed by atoms with van der Waals surface area (Å²) >= 11 is 0. The average molecular weight is 112 g/mol. The van der Waals surface area contributed by atoms with Gasteiger partial charge in [-0.2, -0.15) is 0 Å². The Morgan fingerprint density at radius 2 is 1.75 bits per heavy atom. The van der Waals surface area contributed by atoms with Crippen molar-refractivity contribution in [3.8, 4) is 0 Å². The molecule has 0 aromatic heterocycles. The molecule has 1 nitrogen and oxygen atoms in total. The first kappa shape index (κ1) is 4.80. The molecule has 2 saturated carbocycles. The van der Waals surface area contributed by atoms with Gasteiger partial charge in [0.15, 0.2) is 0 Å². The van der Waals surface area contributed by atoms with E-state index in [1.54, 1.807) is 0 Å². The minimum Gasteiger partial charge on any atom is -0.393 e. The van der Waals surface area contributed by atoms with Crippen molar-refractivity contribution in [3.05, 3.63) is 0 Å². The van der Waals surface area contributed by atoms with Gasteiger partial charge in [0.25, 0.3) is 0 Å². The zero-order valence-corrected chi connectivity index (χ0v) is 5.01. The summed E-state index contributed by atoms with van der Waals surface area (Å²) in [7, 11) is 0. The van der Waals surface area contributed by atoms with Gasteiger partial charge in [0, 0.05) is 0 Å². The first-order chi connectivity index (χ1) is 3.88. The van der Waals surface area contributed by atoms with E-state index in [1.807, 2.05) is 0 Å². The fraction of sp³-hybridized carbons (Fsp3) is 1.00. The molecule has 0 aromatic rings. The summed E-state index contributed by atoms with van der Waals surface area (Å²) in [4.78, 5) is 0. The number of fused-ring (bicyclic) bond motifs is 1. The standard InChI is InChI=1S/C7H12O/c8-7-4-2-5-1-3-6(5)7/h5-8H,1-4H2/t5-,6-,7-/m1/s1. The molecule has 0 radical (unpaired) electrons. The molecule has 0 amide bonds. The van der Waals surface area contributed by atoms with Crippen molar-refractivity contribution in [2.75, 3.05) is 0 Å². The Bertz CT molecular complexity index is 94.6. The molecule has 0 unspecified atom stereocenters. The van der Waals surface area contributed by atoms with E-state index >= 15 is 0 Å². The summed E-state index contributed by atoms with van der Waals surface area (Å²) in [6.45, 7) is 0. The molecule has 3 atom stereocenters. The topological polar surface area (TPSA) is 20.2 Å². The zero-order chi connectivity index (χ0) is 5.56. The second-order valence-electron chi connectivity index (χ2n) is 3.15. The maximum atomic E-state index is 9.22. The number of hydrogen-bond donors (Lipinski definition) is 1. The average Bonchev–Trinajstić information content (AvgIpc) is 1.80. The van der Waals surface area contributed by atoms with Gasteiger partial charge in [0.2, 0.25) is 0 Å². The molecule has 2 aliphatic rings. The molecule has 2 aliphatic carbocycles. The van der Waals surface area contributed by atoms with Crippen LogP contribution in [0.25, 0.3) is 0 Å². The lowest BCUT2D eigenvalue weighted by molar-refractivity contribution is 0.0673. The van der Waals surface area contributed by atoms with Crippen LogP contribution in [-0.4, -0.2) is 11.2 Å². The van der Waals surface area contributed by atoms with Crippen LogP contribution >= 0.6 is 0 Å². The van der Waals surface area contributed by atoms with Crippen molar-refractivity contribution in [1.29, 1.82) is 0 Å². The largest absolute Gasteiger partial charge is 0.393 e. The normalized spacial score (nSPS) is 52.9. The summed E-state index contributed by atoms with van der Waals surface area (Å²) < 4.78 is 0. The van der Waals surface area contributed by atoms with Crippen LogP contribution in [0, 0.1) is 11.8 Å². The summed E-state index contributed by atoms with van der Waals surface area (Å²) in [6, 6.07) is 0. The van der Waals surface area contributed by atoms with Gasteiger partial charge in [0.05, 0.1) is 6.10 Å². The van der Waals surface area contributed by atoms with E-state index in [-0.39, 0.29) is 6.10 Å². The zero-order valence-electron chi connectivity index (χ0n) is 5.01. The Morgan fingerprint density at radius 1 is 1.00 bits per heavy atom. The third-order valence-electron chi connectivity index (χ3n) is 2.80. The predicted octanol–water partition coefficient (Wildman–Crippen LogP) is 1.17. The van der Waals surface area contributed by atoms with Crippen molar-refractivity contribution in [1.82, 2.24) is 0 Å². The minimum absolute atomic E-state index is 0.0775. The van der Waals surface area contributed by atoms with Crippen molar-refractivity contribution >= 4 is 0 Å². The molecule has 0 spiro atoms. The SMILES string of the molecule is O[C@@H]1CC[C@H]2CC[C@H]21. The van der Waals surface area contributed by atoms with Crippen LogP contribution in [0.2, 0.25) is 0 Å². The molecule has 2 fully saturated rings. The van der Waals surface area contributed by atoms with Gasteiger partial charge in [-0.05, 0) is 37.5 Å². The Balaban J connectivity index is 2.05. The second-order valence-corrected chi connectivity index (χ2v) is 3.15. The molecule has 0 aromatic carbocycles. The monoisotopic (exact) mass is 112 g/mol. The van der Waals surface area contributed by atoms with Crippen molar-refractivity contribution < 1.29 is 5.11 Å². The summed E-state index contributed by atoms with van der Waals surface area (Å²) in [6.07, 6.45) is 5.14. The van der Waals surface area contributed by atoms with Gasteiger partial charge < -0.3 is 5.11 Å². The quantitative estimate of drug-likeness (QED) is 0.498. The summed E-state index contributed by atoms with van der Waals surface area (Å²) in [5.74, 6) is 1.64. The molecule has 8 heavy (non-hydrogen) atoms. The van der Waals surface area contributed by atoms with E-state index in [0.717, 1.165) is 18.3 Å². The molecule has 0 bridgehead atoms. The number of rotatable bonds is 0. The minimum atomic E-state index is 0.0775. The smallest absolute Gasteiger partial charge is 0.0571 e. The molecule has 0 aliphatic heterocycles. The van der Waals surface area contributed by atoms with Gasteiger partial charge in [0.1, 0.15) is 0 Å². The third kappa shape index (κ3) is 0.455. The highest BCUT2D eigenvalue weighted by atomic mass is 16.3. The van der Waals surface area contributed by atoms with E-state index in [4.69, 9.17) is 0 Å². The molecular formula is C7H12O. The molecule has 0 heterocycles. The van der Waals surface area contributed by atoms with E-state index in [0.29, 0.717) is 0 Å². The first-order valence-electron chi connectivity index (χ1n) is 3.56. The number of hydrogen-bond acceptors (Lipinski definition) is 1. The van der Waals surface area contributed by atoms with Crippen LogP contribution in [-0.2, 0) is 0 Å². The van der Waals surface area contributed by atoms with E-state index in [2.05, 4.69) is 0 Å². The van der Waals surface area contributed by atoms with E-state index in [1.165, 1.54) is 19.3 Å². The van der Waals surface area contributed by atoms with Crippen LogP contribution in [0.4, 0.5) is 0 Å². The highest BCUT2D eigenvalue weighted by molar-refractivity contribution is 4.91. The van der Waals surface area contributed by atoms with Gasteiger partial charge in [-0.25, -0.2) is 0 Å². The van der Waals surface area contributed by atoms with Gasteiger partial charge in [-0.3, -0.25) is 0 Å². The lowest BCUT2D eigenvalue weighted by atomic mass is 9.76. The van der Waals surface area contributed by atoms with Gasteiger partial charge in [-0.1, -0.05) is 0 Å². The Kier molecular flexibility index (Phi) is 0.884. The predicted molar refractivity (Wildman–Crippen MR) is 31.5 cm³/mol. The van der Waals surface area contributed by atoms with Crippen LogP contribution in [0.15, 0.2) is 0 Å². The Labute approximate surface area is 49.7 Å². The molecule has 1 N–H and O–H groups in total. The molecule has 2 rings (SSSR count). The molecular weight excluding hydrogens is 100 g/mol. The van der Waals surface area contributed by atoms with Gasteiger partial charge >= 0.3 is 0 Å². The van der Waals surface area contributed by atoms with E-state index < -0.39 is 0 Å². The fourth-order valence-electron chi connectivity index (χ4n) is 2.06. The van der Waals surface area contributed by atoms with Crippen molar-refractivity contribution in [2.24, 2.45) is 11.8 Å². The lowest BCUT2D eigenvalue weighted by Gasteiger charge is -2.31. The fourth-order valence-corrected chi connectivity index (χ4v) is 2.06. The Hall–Kier alpha value is -0.0400. The Morgan fingerprint density at radius 3 is 2.00 bits per heavy atom. The lowest BCUT2D eigenvalue weighted by Crippen LogP contribution is -2.27. The maximum absolute atomic E-state index is 9.22. The van der Waals surface area contributed by atoms with Crippen LogP contribution in [0.5, 0.6) is 0 Å². The summed E-state index contributed by atoms with van der Waals surface area (Å²) in [5.41, 5.74) is 0. The third-order valence-corrected chi connectivity index (χ3v) is 2.80. The van der Waals surface area contributed by atoms with E-state index in [9.17, 15) is 5.11 Å². The van der Waals surface area contributed by atoms with Crippen LogP contribution in [0.1, 0.15) is 25.7 Å². The van der Waals surface area contributed by atoms with Crippen molar-refractivity contribution in [2.45, 2.75) is 31.8 Å². The molecule has 46 valence electrons. The highest BCUT2D eigenvalue weighted by Gasteiger charge is 2.40. The highest BCUT2D eigenvalue weighted by Crippen LogP contribution is 2.46. The number of aliphatic hydroxyl groups excluding tert-OH is 1. The maximum Gasteiger partial charge on any atom is 0.0571 e. The van der Waals surface area contributed by atoms with Crippen molar-refractivity contribution in [3.63, 3.8) is 0 Å². The summed E-state index contributed by atoms with van der Waals surface area (Å²) in [5, 5.41) is 9.22. The second kappa shape index (κ2) is 1.47. The first-order valence-corrected chi connectivity index (χ1v) is 3.56.